The maximum absolute atomic E-state index is 13.0. The lowest BCUT2D eigenvalue weighted by Crippen LogP contribution is -2.49. The first-order valence-electron chi connectivity index (χ1n) is 12.2. The van der Waals surface area contributed by atoms with Crippen molar-refractivity contribution >= 4 is 64.2 Å². The second-order valence-corrected chi connectivity index (χ2v) is 10.4. The van der Waals surface area contributed by atoms with Crippen LogP contribution in [0.25, 0.3) is 0 Å². The molecule has 0 saturated carbocycles. The number of hydrogen-bond donors (Lipinski definition) is 4. The number of aliphatic carboxylic acids is 1. The van der Waals surface area contributed by atoms with Crippen molar-refractivity contribution in [2.24, 2.45) is 5.73 Å². The standard InChI is InChI=1S/C26H32Cl4N4O4/c27-19-6-4-17(21(29)13-19)8-11-32-15-25(36)34(12-9-18-5-7-20(28)14-22(18)30)16-24(35)33-23(26(37)38)3-1-2-10-31/h4-7,13-14,23,32H,1-3,8-12,15-16,31H2,(H,33,35)(H,37,38). The molecule has 0 aliphatic carbocycles. The minimum absolute atomic E-state index is 0.0221. The summed E-state index contributed by atoms with van der Waals surface area (Å²) in [5.74, 6) is -2.01. The molecule has 0 aliphatic heterocycles. The summed E-state index contributed by atoms with van der Waals surface area (Å²) in [6.07, 6.45) is 2.43. The van der Waals surface area contributed by atoms with Crippen molar-refractivity contribution in [3.8, 4) is 0 Å². The van der Waals surface area contributed by atoms with E-state index in [1.54, 1.807) is 30.3 Å². The highest BCUT2D eigenvalue weighted by Gasteiger charge is 2.23. The SMILES string of the molecule is NCCCCC(NC(=O)CN(CCc1ccc(Cl)cc1Cl)C(=O)CNCCc1ccc(Cl)cc1Cl)C(=O)O. The molecule has 0 radical (unpaired) electrons. The first-order chi connectivity index (χ1) is 18.1. The van der Waals surface area contributed by atoms with Gasteiger partial charge in [-0.1, -0.05) is 58.5 Å². The van der Waals surface area contributed by atoms with Gasteiger partial charge in [0.25, 0.3) is 0 Å². The Morgan fingerprint density at radius 2 is 1.53 bits per heavy atom. The van der Waals surface area contributed by atoms with Crippen LogP contribution in [-0.4, -0.2) is 66.6 Å². The lowest BCUT2D eigenvalue weighted by Gasteiger charge is -2.24. The molecule has 2 aromatic carbocycles. The molecular formula is C26H32Cl4N4O4. The Hall–Kier alpha value is -2.07. The number of unbranched alkanes of at least 4 members (excludes halogenated alkanes) is 1. The van der Waals surface area contributed by atoms with Crippen LogP contribution in [-0.2, 0) is 27.2 Å². The second-order valence-electron chi connectivity index (χ2n) is 8.71. The van der Waals surface area contributed by atoms with Crippen LogP contribution < -0.4 is 16.4 Å². The first kappa shape index (κ1) is 32.1. The van der Waals surface area contributed by atoms with E-state index >= 15 is 0 Å². The quantitative estimate of drug-likeness (QED) is 0.213. The normalized spacial score (nSPS) is 11.7. The van der Waals surface area contributed by atoms with Gasteiger partial charge in [0.05, 0.1) is 13.1 Å². The zero-order valence-electron chi connectivity index (χ0n) is 20.8. The van der Waals surface area contributed by atoms with Crippen LogP contribution in [0.2, 0.25) is 20.1 Å². The summed E-state index contributed by atoms with van der Waals surface area (Å²) in [5.41, 5.74) is 7.13. The first-order valence-corrected chi connectivity index (χ1v) is 13.7. The van der Waals surface area contributed by atoms with Crippen LogP contribution in [0.3, 0.4) is 0 Å². The number of nitrogens with two attached hydrogens (primary N) is 1. The van der Waals surface area contributed by atoms with Gasteiger partial charge < -0.3 is 26.4 Å². The average Bonchev–Trinajstić information content (AvgIpc) is 2.85. The smallest absolute Gasteiger partial charge is 0.326 e. The Bertz CT molecular complexity index is 1100. The summed E-state index contributed by atoms with van der Waals surface area (Å²) in [5, 5.41) is 17.1. The molecule has 0 aliphatic rings. The minimum Gasteiger partial charge on any atom is -0.480 e. The summed E-state index contributed by atoms with van der Waals surface area (Å²) in [6, 6.07) is 9.25. The fraction of sp³-hybridized carbons (Fsp3) is 0.423. The van der Waals surface area contributed by atoms with Crippen LogP contribution >= 0.6 is 46.4 Å². The van der Waals surface area contributed by atoms with Crippen LogP contribution in [0.15, 0.2) is 36.4 Å². The fourth-order valence-electron chi connectivity index (χ4n) is 3.69. The highest BCUT2D eigenvalue weighted by Crippen LogP contribution is 2.22. The van der Waals surface area contributed by atoms with E-state index in [1.807, 2.05) is 6.07 Å². The zero-order chi connectivity index (χ0) is 28.1. The topological polar surface area (TPSA) is 125 Å². The van der Waals surface area contributed by atoms with Gasteiger partial charge in [-0.05, 0) is 80.6 Å². The summed E-state index contributed by atoms with van der Waals surface area (Å²) in [6.45, 7) is 0.787. The van der Waals surface area contributed by atoms with Gasteiger partial charge in [-0.3, -0.25) is 9.59 Å². The van der Waals surface area contributed by atoms with E-state index in [0.717, 1.165) is 11.1 Å². The Morgan fingerprint density at radius 1 is 0.921 bits per heavy atom. The van der Waals surface area contributed by atoms with Gasteiger partial charge in [0.15, 0.2) is 0 Å². The highest BCUT2D eigenvalue weighted by molar-refractivity contribution is 6.35. The largest absolute Gasteiger partial charge is 0.480 e. The van der Waals surface area contributed by atoms with Crippen molar-refractivity contribution in [3.63, 3.8) is 0 Å². The predicted octanol–water partition coefficient (Wildman–Crippen LogP) is 4.20. The molecule has 5 N–H and O–H groups in total. The van der Waals surface area contributed by atoms with Gasteiger partial charge >= 0.3 is 5.97 Å². The molecule has 2 amide bonds. The van der Waals surface area contributed by atoms with Gasteiger partial charge in [-0.15, -0.1) is 0 Å². The Labute approximate surface area is 242 Å². The van der Waals surface area contributed by atoms with Crippen molar-refractivity contribution in [2.45, 2.75) is 38.1 Å². The van der Waals surface area contributed by atoms with E-state index in [9.17, 15) is 19.5 Å². The molecule has 38 heavy (non-hydrogen) atoms. The Morgan fingerprint density at radius 3 is 2.08 bits per heavy atom. The van der Waals surface area contributed by atoms with Gasteiger partial charge in [-0.25, -0.2) is 4.79 Å². The third kappa shape index (κ3) is 11.4. The number of nitrogens with one attached hydrogen (secondary N) is 2. The molecule has 0 bridgehead atoms. The molecule has 1 unspecified atom stereocenters. The molecule has 0 heterocycles. The van der Waals surface area contributed by atoms with E-state index in [-0.39, 0.29) is 32.0 Å². The molecule has 2 aromatic rings. The molecule has 8 nitrogen and oxygen atoms in total. The Kier molecular flexibility index (Phi) is 14.2. The van der Waals surface area contributed by atoms with E-state index in [0.29, 0.717) is 58.9 Å². The van der Waals surface area contributed by atoms with Crippen molar-refractivity contribution in [3.05, 3.63) is 67.6 Å². The van der Waals surface area contributed by atoms with Crippen LogP contribution in [0.1, 0.15) is 30.4 Å². The number of rotatable bonds is 16. The maximum atomic E-state index is 13.0. The summed E-state index contributed by atoms with van der Waals surface area (Å²) < 4.78 is 0. The molecule has 0 spiro atoms. The molecule has 0 fully saturated rings. The number of carboxylic acids is 1. The monoisotopic (exact) mass is 604 g/mol. The van der Waals surface area contributed by atoms with Crippen LogP contribution in [0.5, 0.6) is 0 Å². The Balaban J connectivity index is 2.00. The predicted molar refractivity (Wildman–Crippen MR) is 152 cm³/mol. The van der Waals surface area contributed by atoms with Crippen molar-refractivity contribution in [1.82, 2.24) is 15.5 Å². The van der Waals surface area contributed by atoms with Gasteiger partial charge in [0, 0.05) is 26.6 Å². The van der Waals surface area contributed by atoms with E-state index < -0.39 is 17.9 Å². The van der Waals surface area contributed by atoms with Crippen LogP contribution in [0.4, 0.5) is 0 Å². The number of amides is 2. The lowest BCUT2D eigenvalue weighted by atomic mass is 10.1. The summed E-state index contributed by atoms with van der Waals surface area (Å²) in [7, 11) is 0. The summed E-state index contributed by atoms with van der Waals surface area (Å²) in [4.78, 5) is 38.7. The van der Waals surface area contributed by atoms with Crippen molar-refractivity contribution < 1.29 is 19.5 Å². The fourth-order valence-corrected chi connectivity index (χ4v) is 4.70. The van der Waals surface area contributed by atoms with Gasteiger partial charge in [0.1, 0.15) is 6.04 Å². The average molecular weight is 606 g/mol. The summed E-state index contributed by atoms with van der Waals surface area (Å²) >= 11 is 24.4. The number of halogens is 4. The minimum atomic E-state index is -1.14. The van der Waals surface area contributed by atoms with Crippen molar-refractivity contribution in [2.75, 3.05) is 32.7 Å². The number of carbonyl (C=O) groups excluding carboxylic acids is 2. The number of hydrogen-bond acceptors (Lipinski definition) is 5. The zero-order valence-corrected chi connectivity index (χ0v) is 23.8. The maximum Gasteiger partial charge on any atom is 0.326 e. The molecule has 208 valence electrons. The number of carboxylic acid groups (broad SMARTS) is 1. The highest BCUT2D eigenvalue weighted by atomic mass is 35.5. The lowest BCUT2D eigenvalue weighted by molar-refractivity contribution is -0.142. The van der Waals surface area contributed by atoms with E-state index in [1.165, 1.54) is 4.90 Å². The molecule has 1 atom stereocenters. The molecule has 2 rings (SSSR count). The number of benzene rings is 2. The van der Waals surface area contributed by atoms with E-state index in [2.05, 4.69) is 10.6 Å². The molecule has 0 saturated heterocycles. The van der Waals surface area contributed by atoms with E-state index in [4.69, 9.17) is 52.1 Å². The third-order valence-corrected chi connectivity index (χ3v) is 6.97. The second kappa shape index (κ2) is 16.8. The van der Waals surface area contributed by atoms with Gasteiger partial charge in [0.2, 0.25) is 11.8 Å². The van der Waals surface area contributed by atoms with Crippen molar-refractivity contribution in [1.29, 1.82) is 0 Å². The number of carbonyl (C=O) groups is 3. The third-order valence-electron chi connectivity index (χ3n) is 5.80. The van der Waals surface area contributed by atoms with Gasteiger partial charge in [-0.2, -0.15) is 0 Å². The molecule has 0 aromatic heterocycles. The van der Waals surface area contributed by atoms with Crippen LogP contribution in [0, 0.1) is 0 Å². The molecular weight excluding hydrogens is 574 g/mol. The molecule has 12 heteroatoms. The number of nitrogens with zero attached hydrogens (tertiary/aromatic N) is 1.